The van der Waals surface area contributed by atoms with Crippen LogP contribution in [0.2, 0.25) is 0 Å². The SMILES string of the molecule is Cn1ncc2cc(-c3cc(I)ccn3)ccc21. The smallest absolute Gasteiger partial charge is 0.0712 e. The monoisotopic (exact) mass is 335 g/mol. The summed E-state index contributed by atoms with van der Waals surface area (Å²) in [6, 6.07) is 10.4. The molecule has 0 amide bonds. The molecule has 0 aliphatic carbocycles. The second-order valence-electron chi connectivity index (χ2n) is 3.90. The zero-order valence-electron chi connectivity index (χ0n) is 9.26. The Bertz CT molecular complexity index is 688. The fourth-order valence-corrected chi connectivity index (χ4v) is 2.34. The van der Waals surface area contributed by atoms with Crippen molar-refractivity contribution in [1.82, 2.24) is 14.8 Å². The molecule has 0 spiro atoms. The second kappa shape index (κ2) is 4.10. The van der Waals surface area contributed by atoms with Crippen molar-refractivity contribution in [3.63, 3.8) is 0 Å². The number of rotatable bonds is 1. The van der Waals surface area contributed by atoms with E-state index in [2.05, 4.69) is 56.9 Å². The fraction of sp³-hybridized carbons (Fsp3) is 0.0769. The van der Waals surface area contributed by atoms with Crippen LogP contribution in [0.3, 0.4) is 0 Å². The van der Waals surface area contributed by atoms with Gasteiger partial charge in [0.15, 0.2) is 0 Å². The van der Waals surface area contributed by atoms with Gasteiger partial charge in [0.1, 0.15) is 0 Å². The van der Waals surface area contributed by atoms with Gasteiger partial charge in [0.25, 0.3) is 0 Å². The Morgan fingerprint density at radius 2 is 2.06 bits per heavy atom. The van der Waals surface area contributed by atoms with Gasteiger partial charge < -0.3 is 0 Å². The molecule has 3 aromatic rings. The zero-order chi connectivity index (χ0) is 11.8. The minimum absolute atomic E-state index is 1.00. The van der Waals surface area contributed by atoms with Gasteiger partial charge in [-0.1, -0.05) is 6.07 Å². The maximum absolute atomic E-state index is 4.39. The average molecular weight is 335 g/mol. The summed E-state index contributed by atoms with van der Waals surface area (Å²) in [4.78, 5) is 4.39. The van der Waals surface area contributed by atoms with Gasteiger partial charge in [-0.25, -0.2) is 0 Å². The largest absolute Gasteiger partial charge is 0.268 e. The molecule has 2 heterocycles. The number of halogens is 1. The van der Waals surface area contributed by atoms with E-state index >= 15 is 0 Å². The van der Waals surface area contributed by atoms with E-state index in [1.807, 2.05) is 30.2 Å². The highest BCUT2D eigenvalue weighted by molar-refractivity contribution is 14.1. The zero-order valence-corrected chi connectivity index (χ0v) is 11.4. The lowest BCUT2D eigenvalue weighted by molar-refractivity contribution is 0.797. The van der Waals surface area contributed by atoms with Crippen LogP contribution in [0.1, 0.15) is 0 Å². The van der Waals surface area contributed by atoms with Crippen molar-refractivity contribution < 1.29 is 0 Å². The normalized spacial score (nSPS) is 10.9. The summed E-state index contributed by atoms with van der Waals surface area (Å²) in [7, 11) is 1.95. The van der Waals surface area contributed by atoms with Crippen LogP contribution >= 0.6 is 22.6 Å². The van der Waals surface area contributed by atoms with Gasteiger partial charge >= 0.3 is 0 Å². The third-order valence-electron chi connectivity index (χ3n) is 2.76. The van der Waals surface area contributed by atoms with E-state index in [1.54, 1.807) is 0 Å². The van der Waals surface area contributed by atoms with Gasteiger partial charge in [0.2, 0.25) is 0 Å². The Kier molecular flexibility index (Phi) is 2.58. The maximum atomic E-state index is 4.39. The van der Waals surface area contributed by atoms with Crippen molar-refractivity contribution >= 4 is 33.5 Å². The van der Waals surface area contributed by atoms with Crippen molar-refractivity contribution in [2.45, 2.75) is 0 Å². The number of aryl methyl sites for hydroxylation is 1. The van der Waals surface area contributed by atoms with Crippen molar-refractivity contribution in [2.24, 2.45) is 7.05 Å². The molecule has 3 nitrogen and oxygen atoms in total. The lowest BCUT2D eigenvalue weighted by Crippen LogP contribution is -1.88. The molecule has 2 aromatic heterocycles. The minimum atomic E-state index is 1.00. The Morgan fingerprint density at radius 3 is 2.88 bits per heavy atom. The number of hydrogen-bond acceptors (Lipinski definition) is 2. The fourth-order valence-electron chi connectivity index (χ4n) is 1.89. The van der Waals surface area contributed by atoms with Crippen LogP contribution in [0, 0.1) is 3.57 Å². The van der Waals surface area contributed by atoms with Crippen LogP contribution in [-0.4, -0.2) is 14.8 Å². The van der Waals surface area contributed by atoms with Crippen LogP contribution in [0.15, 0.2) is 42.7 Å². The first-order chi connectivity index (χ1) is 8.24. The number of aromatic nitrogens is 3. The molecule has 4 heteroatoms. The van der Waals surface area contributed by atoms with Gasteiger partial charge in [0, 0.05) is 27.8 Å². The van der Waals surface area contributed by atoms with Crippen LogP contribution < -0.4 is 0 Å². The quantitative estimate of drug-likeness (QED) is 0.639. The van der Waals surface area contributed by atoms with Crippen molar-refractivity contribution in [3.05, 3.63) is 46.3 Å². The molecule has 0 N–H and O–H groups in total. The summed E-state index contributed by atoms with van der Waals surface area (Å²) in [6.07, 6.45) is 3.72. The number of fused-ring (bicyclic) bond motifs is 1. The summed E-state index contributed by atoms with van der Waals surface area (Å²) in [5.41, 5.74) is 3.27. The van der Waals surface area contributed by atoms with Gasteiger partial charge in [-0.3, -0.25) is 9.67 Å². The molecule has 0 atom stereocenters. The van der Waals surface area contributed by atoms with Crippen molar-refractivity contribution in [1.29, 1.82) is 0 Å². The number of hydrogen-bond donors (Lipinski definition) is 0. The van der Waals surface area contributed by atoms with Crippen molar-refractivity contribution in [3.8, 4) is 11.3 Å². The molecule has 0 bridgehead atoms. The molecule has 17 heavy (non-hydrogen) atoms. The summed E-state index contributed by atoms with van der Waals surface area (Å²) in [6.45, 7) is 0. The molecular weight excluding hydrogens is 325 g/mol. The molecule has 0 aliphatic heterocycles. The molecule has 0 unspecified atom stereocenters. The molecule has 1 aromatic carbocycles. The molecule has 0 saturated heterocycles. The van der Waals surface area contributed by atoms with Crippen LogP contribution in [0.4, 0.5) is 0 Å². The van der Waals surface area contributed by atoms with E-state index in [9.17, 15) is 0 Å². The molecule has 0 radical (unpaired) electrons. The highest BCUT2D eigenvalue weighted by Crippen LogP contribution is 2.23. The summed E-state index contributed by atoms with van der Waals surface area (Å²) in [5.74, 6) is 0. The molecule has 0 aliphatic rings. The Morgan fingerprint density at radius 1 is 1.18 bits per heavy atom. The third kappa shape index (κ3) is 1.93. The summed E-state index contributed by atoms with van der Waals surface area (Å²) in [5, 5.41) is 5.39. The third-order valence-corrected chi connectivity index (χ3v) is 3.43. The molecule has 0 fully saturated rings. The first-order valence-corrected chi connectivity index (χ1v) is 6.35. The number of nitrogens with zero attached hydrogens (tertiary/aromatic N) is 3. The average Bonchev–Trinajstić information content (AvgIpc) is 2.71. The van der Waals surface area contributed by atoms with Crippen LogP contribution in [-0.2, 0) is 7.05 Å². The Hall–Kier alpha value is -1.43. The highest BCUT2D eigenvalue weighted by Gasteiger charge is 2.04. The van der Waals surface area contributed by atoms with E-state index in [0.717, 1.165) is 22.2 Å². The molecular formula is C13H10IN3. The van der Waals surface area contributed by atoms with Gasteiger partial charge in [-0.2, -0.15) is 5.10 Å². The first-order valence-electron chi connectivity index (χ1n) is 5.28. The van der Waals surface area contributed by atoms with E-state index < -0.39 is 0 Å². The van der Waals surface area contributed by atoms with Gasteiger partial charge in [-0.15, -0.1) is 0 Å². The van der Waals surface area contributed by atoms with E-state index in [-0.39, 0.29) is 0 Å². The van der Waals surface area contributed by atoms with E-state index in [0.29, 0.717) is 0 Å². The topological polar surface area (TPSA) is 30.7 Å². The standard InChI is InChI=1S/C13H10IN3/c1-17-13-3-2-9(6-10(13)8-16-17)12-7-11(14)4-5-15-12/h2-8H,1H3. The summed E-state index contributed by atoms with van der Waals surface area (Å²) >= 11 is 2.30. The van der Waals surface area contributed by atoms with E-state index in [4.69, 9.17) is 0 Å². The number of benzene rings is 1. The van der Waals surface area contributed by atoms with Crippen LogP contribution in [0.25, 0.3) is 22.2 Å². The van der Waals surface area contributed by atoms with E-state index in [1.165, 1.54) is 3.57 Å². The number of pyridine rings is 1. The van der Waals surface area contributed by atoms with Gasteiger partial charge in [-0.05, 0) is 46.9 Å². The maximum Gasteiger partial charge on any atom is 0.0712 e. The summed E-state index contributed by atoms with van der Waals surface area (Å²) < 4.78 is 3.07. The molecule has 0 saturated carbocycles. The predicted octanol–water partition coefficient (Wildman–Crippen LogP) is 3.24. The Balaban J connectivity index is 2.18. The highest BCUT2D eigenvalue weighted by atomic mass is 127. The minimum Gasteiger partial charge on any atom is -0.268 e. The Labute approximate surface area is 113 Å². The van der Waals surface area contributed by atoms with Gasteiger partial charge in [0.05, 0.1) is 17.4 Å². The van der Waals surface area contributed by atoms with Crippen molar-refractivity contribution in [2.75, 3.05) is 0 Å². The predicted molar refractivity (Wildman–Crippen MR) is 76.7 cm³/mol. The second-order valence-corrected chi connectivity index (χ2v) is 5.15. The lowest BCUT2D eigenvalue weighted by Gasteiger charge is -2.02. The molecule has 3 rings (SSSR count). The van der Waals surface area contributed by atoms with Crippen LogP contribution in [0.5, 0.6) is 0 Å². The first kappa shape index (κ1) is 10.7. The lowest BCUT2D eigenvalue weighted by atomic mass is 10.1. The molecule has 84 valence electrons.